The molecule has 0 aliphatic heterocycles. The lowest BCUT2D eigenvalue weighted by atomic mass is 10.2. The fourth-order valence-corrected chi connectivity index (χ4v) is 2.85. The van der Waals surface area contributed by atoms with Crippen molar-refractivity contribution >= 4 is 22.9 Å². The Hall–Kier alpha value is -3.68. The third-order valence-corrected chi connectivity index (χ3v) is 4.34. The number of aromatic nitrogens is 2. The number of rotatable bonds is 6. The van der Waals surface area contributed by atoms with E-state index in [0.717, 1.165) is 5.56 Å². The molecule has 2 N–H and O–H groups in total. The van der Waals surface area contributed by atoms with Crippen LogP contribution in [0.3, 0.4) is 0 Å². The van der Waals surface area contributed by atoms with Gasteiger partial charge in [-0.15, -0.1) is 0 Å². The van der Waals surface area contributed by atoms with Crippen LogP contribution in [0.1, 0.15) is 18.3 Å². The van der Waals surface area contributed by atoms with Gasteiger partial charge >= 0.3 is 6.09 Å². The maximum Gasteiger partial charge on any atom is 0.408 e. The quantitative estimate of drug-likeness (QED) is 0.667. The molecule has 8 heteroatoms. The summed E-state index contributed by atoms with van der Waals surface area (Å²) in [5.74, 6) is 0.0286. The van der Waals surface area contributed by atoms with Gasteiger partial charge in [0.1, 0.15) is 18.5 Å². The van der Waals surface area contributed by atoms with Crippen LogP contribution in [0, 0.1) is 0 Å². The molecule has 0 spiro atoms. The number of hydrogen-bond donors (Lipinski definition) is 2. The molecular weight excluding hydrogens is 372 g/mol. The van der Waals surface area contributed by atoms with Crippen molar-refractivity contribution in [3.05, 3.63) is 76.3 Å². The number of ether oxygens (including phenoxy) is 1. The van der Waals surface area contributed by atoms with Gasteiger partial charge in [0.15, 0.2) is 0 Å². The summed E-state index contributed by atoms with van der Waals surface area (Å²) in [6.45, 7) is 1.79. The molecule has 29 heavy (non-hydrogen) atoms. The summed E-state index contributed by atoms with van der Waals surface area (Å²) in [6, 6.07) is 15.4. The lowest BCUT2D eigenvalue weighted by molar-refractivity contribution is -0.132. The van der Waals surface area contributed by atoms with E-state index in [1.165, 1.54) is 4.90 Å². The number of alkyl carbamates (subject to hydrolysis) is 1. The highest BCUT2D eigenvalue weighted by Gasteiger charge is 2.21. The summed E-state index contributed by atoms with van der Waals surface area (Å²) in [6.07, 6.45) is -0.680. The molecule has 1 atom stereocenters. The first-order valence-corrected chi connectivity index (χ1v) is 9.14. The number of carbonyl (C=O) groups excluding carboxylic acids is 2. The van der Waals surface area contributed by atoms with Gasteiger partial charge < -0.3 is 19.9 Å². The first-order chi connectivity index (χ1) is 13.9. The van der Waals surface area contributed by atoms with Crippen molar-refractivity contribution in [2.75, 3.05) is 7.05 Å². The van der Waals surface area contributed by atoms with E-state index in [0.29, 0.717) is 16.7 Å². The van der Waals surface area contributed by atoms with E-state index in [2.05, 4.69) is 15.3 Å². The zero-order chi connectivity index (χ0) is 20.8. The van der Waals surface area contributed by atoms with Gasteiger partial charge in [-0.05, 0) is 24.6 Å². The second-order valence-corrected chi connectivity index (χ2v) is 6.65. The molecule has 1 aromatic heterocycles. The van der Waals surface area contributed by atoms with Gasteiger partial charge in [-0.2, -0.15) is 0 Å². The smallest absolute Gasteiger partial charge is 0.408 e. The predicted octanol–water partition coefficient (Wildman–Crippen LogP) is 2.20. The SMILES string of the molecule is C[C@@H](NC(=O)OCc1ccccc1)C(=O)N(C)Cc1nc2ccccc2c(=O)[nH]1. The number of likely N-dealkylation sites (N-methyl/N-ethyl adjacent to an activating group) is 1. The fourth-order valence-electron chi connectivity index (χ4n) is 2.85. The van der Waals surface area contributed by atoms with Gasteiger partial charge in [0, 0.05) is 7.05 Å². The summed E-state index contributed by atoms with van der Waals surface area (Å²) in [7, 11) is 1.57. The Balaban J connectivity index is 1.56. The number of amides is 2. The molecule has 0 bridgehead atoms. The highest BCUT2D eigenvalue weighted by molar-refractivity contribution is 5.85. The number of H-pyrrole nitrogens is 1. The lowest BCUT2D eigenvalue weighted by Crippen LogP contribution is -2.45. The number of nitrogens with one attached hydrogen (secondary N) is 2. The van der Waals surface area contributed by atoms with Crippen LogP contribution in [0.15, 0.2) is 59.4 Å². The minimum atomic E-state index is -0.796. The normalized spacial score (nSPS) is 11.7. The largest absolute Gasteiger partial charge is 0.445 e. The Labute approximate surface area is 167 Å². The Kier molecular flexibility index (Phi) is 6.23. The number of benzene rings is 2. The minimum Gasteiger partial charge on any atom is -0.445 e. The van der Waals surface area contributed by atoms with E-state index in [9.17, 15) is 14.4 Å². The summed E-state index contributed by atoms with van der Waals surface area (Å²) < 4.78 is 5.13. The average molecular weight is 394 g/mol. The van der Waals surface area contributed by atoms with Crippen LogP contribution in [0.5, 0.6) is 0 Å². The molecule has 0 radical (unpaired) electrons. The van der Waals surface area contributed by atoms with Gasteiger partial charge in [0.05, 0.1) is 17.4 Å². The Morgan fingerprint density at radius 2 is 1.83 bits per heavy atom. The molecule has 2 amide bonds. The molecular formula is C21H22N4O4. The number of para-hydroxylation sites is 1. The van der Waals surface area contributed by atoms with E-state index in [4.69, 9.17) is 4.74 Å². The van der Waals surface area contributed by atoms with Crippen molar-refractivity contribution in [2.24, 2.45) is 0 Å². The van der Waals surface area contributed by atoms with Gasteiger partial charge in [0.2, 0.25) is 5.91 Å². The Bertz CT molecular complexity index is 1060. The summed E-state index contributed by atoms with van der Waals surface area (Å²) in [5.41, 5.74) is 1.15. The molecule has 1 heterocycles. The molecule has 0 unspecified atom stereocenters. The van der Waals surface area contributed by atoms with Crippen LogP contribution in [0.25, 0.3) is 10.9 Å². The van der Waals surface area contributed by atoms with E-state index < -0.39 is 12.1 Å². The van der Waals surface area contributed by atoms with Gasteiger partial charge in [-0.1, -0.05) is 42.5 Å². The van der Waals surface area contributed by atoms with Crippen molar-refractivity contribution in [1.29, 1.82) is 0 Å². The lowest BCUT2D eigenvalue weighted by Gasteiger charge is -2.21. The standard InChI is InChI=1S/C21H22N4O4/c1-14(22-21(28)29-13-15-8-4-3-5-9-15)20(27)25(2)12-18-23-17-11-7-6-10-16(17)19(26)24-18/h3-11,14H,12-13H2,1-2H3,(H,22,28)(H,23,24,26)/t14-/m1/s1. The van der Waals surface area contributed by atoms with Crippen LogP contribution in [0.4, 0.5) is 4.79 Å². The second-order valence-electron chi connectivity index (χ2n) is 6.65. The monoisotopic (exact) mass is 394 g/mol. The molecule has 2 aromatic carbocycles. The van der Waals surface area contributed by atoms with Crippen molar-refractivity contribution in [3.8, 4) is 0 Å². The summed E-state index contributed by atoms with van der Waals surface area (Å²) in [5, 5.41) is 3.00. The van der Waals surface area contributed by atoms with Gasteiger partial charge in [-0.25, -0.2) is 9.78 Å². The number of carbonyl (C=O) groups is 2. The van der Waals surface area contributed by atoms with Crippen LogP contribution in [-0.4, -0.2) is 40.0 Å². The maximum atomic E-state index is 12.5. The van der Waals surface area contributed by atoms with E-state index >= 15 is 0 Å². The molecule has 0 saturated carbocycles. The first-order valence-electron chi connectivity index (χ1n) is 9.14. The van der Waals surface area contributed by atoms with E-state index in [1.54, 1.807) is 38.2 Å². The van der Waals surface area contributed by atoms with Crippen molar-refractivity contribution in [1.82, 2.24) is 20.2 Å². The third kappa shape index (κ3) is 5.19. The van der Waals surface area contributed by atoms with Crippen LogP contribution in [-0.2, 0) is 22.7 Å². The van der Waals surface area contributed by atoms with Gasteiger partial charge in [0.25, 0.3) is 5.56 Å². The number of aromatic amines is 1. The van der Waals surface area contributed by atoms with Crippen LogP contribution < -0.4 is 10.9 Å². The minimum absolute atomic E-state index is 0.101. The van der Waals surface area contributed by atoms with Gasteiger partial charge in [-0.3, -0.25) is 9.59 Å². The molecule has 3 rings (SSSR count). The molecule has 3 aromatic rings. The van der Waals surface area contributed by atoms with Crippen molar-refractivity contribution in [2.45, 2.75) is 26.1 Å². The third-order valence-electron chi connectivity index (χ3n) is 4.34. The zero-order valence-corrected chi connectivity index (χ0v) is 16.2. The molecule has 150 valence electrons. The van der Waals surface area contributed by atoms with Crippen molar-refractivity contribution in [3.63, 3.8) is 0 Å². The Morgan fingerprint density at radius 3 is 2.59 bits per heavy atom. The molecule has 0 saturated heterocycles. The second kappa shape index (κ2) is 9.01. The average Bonchev–Trinajstić information content (AvgIpc) is 2.72. The zero-order valence-electron chi connectivity index (χ0n) is 16.2. The Morgan fingerprint density at radius 1 is 1.14 bits per heavy atom. The van der Waals surface area contributed by atoms with Crippen LogP contribution in [0.2, 0.25) is 0 Å². The predicted molar refractivity (Wildman–Crippen MR) is 108 cm³/mol. The molecule has 0 aliphatic carbocycles. The van der Waals surface area contributed by atoms with E-state index in [1.807, 2.05) is 30.3 Å². The van der Waals surface area contributed by atoms with Crippen molar-refractivity contribution < 1.29 is 14.3 Å². The molecule has 8 nitrogen and oxygen atoms in total. The maximum absolute atomic E-state index is 12.5. The highest BCUT2D eigenvalue weighted by Crippen LogP contribution is 2.07. The first kappa shape index (κ1) is 20.1. The van der Waals surface area contributed by atoms with Crippen LogP contribution >= 0.6 is 0 Å². The molecule has 0 fully saturated rings. The number of nitrogens with zero attached hydrogens (tertiary/aromatic N) is 2. The fraction of sp³-hybridized carbons (Fsp3) is 0.238. The summed E-state index contributed by atoms with van der Waals surface area (Å²) >= 11 is 0. The van der Waals surface area contributed by atoms with E-state index in [-0.39, 0.29) is 24.6 Å². The highest BCUT2D eigenvalue weighted by atomic mass is 16.5. The summed E-state index contributed by atoms with van der Waals surface area (Å²) in [4.78, 5) is 45.1. The topological polar surface area (TPSA) is 104 Å². The molecule has 0 aliphatic rings. The number of fused-ring (bicyclic) bond motifs is 1. The number of hydrogen-bond acceptors (Lipinski definition) is 5.